The molecule has 1 heterocycles. The summed E-state index contributed by atoms with van der Waals surface area (Å²) in [6, 6.07) is 9.34. The first-order valence-corrected chi connectivity index (χ1v) is 7.93. The van der Waals surface area contributed by atoms with Gasteiger partial charge in [0.1, 0.15) is 11.7 Å². The molecule has 0 radical (unpaired) electrons. The predicted octanol–water partition coefficient (Wildman–Crippen LogP) is 4.63. The van der Waals surface area contributed by atoms with Gasteiger partial charge in [0.2, 0.25) is 0 Å². The molecule has 2 rings (SSSR count). The Morgan fingerprint density at radius 3 is 2.57 bits per heavy atom. The van der Waals surface area contributed by atoms with Gasteiger partial charge in [0.25, 0.3) is 0 Å². The fourth-order valence-corrected chi connectivity index (χ4v) is 3.53. The Labute approximate surface area is 136 Å². The molecule has 1 aromatic heterocycles. The topological polar surface area (TPSA) is 50.1 Å². The Kier molecular flexibility index (Phi) is 4.81. The monoisotopic (exact) mass is 363 g/mol. The molecule has 0 saturated carbocycles. The Hall–Kier alpha value is -1.64. The minimum absolute atomic E-state index is 0.179. The maximum atomic E-state index is 12.6. The number of aryl methyl sites for hydroxylation is 2. The molecule has 0 fully saturated rings. The van der Waals surface area contributed by atoms with Crippen LogP contribution >= 0.6 is 27.3 Å². The summed E-state index contributed by atoms with van der Waals surface area (Å²) < 4.78 is 6.18. The third-order valence-electron chi connectivity index (χ3n) is 3.26. The highest BCUT2D eigenvalue weighted by Gasteiger charge is 2.24. The largest absolute Gasteiger partial charge is 0.496 e. The van der Waals surface area contributed by atoms with Crippen LogP contribution in [0.25, 0.3) is 0 Å². The Morgan fingerprint density at radius 2 is 2.05 bits per heavy atom. The van der Waals surface area contributed by atoms with Crippen LogP contribution in [0.1, 0.15) is 32.3 Å². The minimum Gasteiger partial charge on any atom is -0.496 e. The third-order valence-corrected chi connectivity index (χ3v) is 5.41. The van der Waals surface area contributed by atoms with E-state index in [4.69, 9.17) is 4.74 Å². The van der Waals surface area contributed by atoms with E-state index < -0.39 is 5.92 Å². The number of carbonyl (C=O) groups is 1. The zero-order chi connectivity index (χ0) is 15.6. The van der Waals surface area contributed by atoms with E-state index in [-0.39, 0.29) is 5.78 Å². The Balaban J connectivity index is 2.40. The number of ether oxygens (including phenoxy) is 1. The number of Topliss-reactive ketones (excluding diaryl/α,β-unsaturated/α-hetero) is 1. The molecule has 1 unspecified atom stereocenters. The van der Waals surface area contributed by atoms with Crippen LogP contribution in [0.2, 0.25) is 0 Å². The number of benzene rings is 1. The highest BCUT2D eigenvalue weighted by atomic mass is 79.9. The maximum absolute atomic E-state index is 12.6. The van der Waals surface area contributed by atoms with Crippen LogP contribution in [0.3, 0.4) is 0 Å². The molecule has 0 N–H and O–H groups in total. The molecule has 0 spiro atoms. The number of thiophene rings is 1. The number of ketones is 1. The van der Waals surface area contributed by atoms with Gasteiger partial charge in [-0.3, -0.25) is 4.79 Å². The van der Waals surface area contributed by atoms with E-state index in [9.17, 15) is 10.1 Å². The molecule has 0 aliphatic heterocycles. The summed E-state index contributed by atoms with van der Waals surface area (Å²) in [5.74, 6) is -0.309. The first-order chi connectivity index (χ1) is 9.97. The summed E-state index contributed by atoms with van der Waals surface area (Å²) in [5.41, 5.74) is 2.63. The lowest BCUT2D eigenvalue weighted by molar-refractivity contribution is 0.0982. The smallest absolute Gasteiger partial charge is 0.194 e. The van der Waals surface area contributed by atoms with Crippen LogP contribution in [0.4, 0.5) is 0 Å². The Morgan fingerprint density at radius 1 is 1.33 bits per heavy atom. The van der Waals surface area contributed by atoms with Crippen LogP contribution < -0.4 is 4.74 Å². The molecular weight excluding hydrogens is 350 g/mol. The quantitative estimate of drug-likeness (QED) is 0.744. The van der Waals surface area contributed by atoms with Gasteiger partial charge in [-0.1, -0.05) is 12.1 Å². The number of halogens is 1. The van der Waals surface area contributed by atoms with E-state index >= 15 is 0 Å². The van der Waals surface area contributed by atoms with Gasteiger partial charge < -0.3 is 4.74 Å². The summed E-state index contributed by atoms with van der Waals surface area (Å²) in [6.07, 6.45) is 0. The standard InChI is InChI=1S/C16H14BrNO2S/c1-9-4-5-11(7-13(9)20-3)12(8-18)15(19)14-6-10(2)16(17)21-14/h4-7,12H,1-3H3. The lowest BCUT2D eigenvalue weighted by Crippen LogP contribution is -2.10. The van der Waals surface area contributed by atoms with Crippen LogP contribution in [0, 0.1) is 25.2 Å². The second-order valence-electron chi connectivity index (χ2n) is 4.72. The molecule has 0 bridgehead atoms. The van der Waals surface area contributed by atoms with E-state index in [1.165, 1.54) is 11.3 Å². The molecule has 0 saturated heterocycles. The van der Waals surface area contributed by atoms with Gasteiger partial charge in [-0.2, -0.15) is 5.26 Å². The SMILES string of the molecule is COc1cc(C(C#N)C(=O)c2cc(C)c(Br)s2)ccc1C. The van der Waals surface area contributed by atoms with Gasteiger partial charge >= 0.3 is 0 Å². The summed E-state index contributed by atoms with van der Waals surface area (Å²) in [7, 11) is 1.58. The third kappa shape index (κ3) is 3.17. The van der Waals surface area contributed by atoms with E-state index in [0.29, 0.717) is 16.2 Å². The van der Waals surface area contributed by atoms with Crippen LogP contribution in [-0.2, 0) is 0 Å². The van der Waals surface area contributed by atoms with Crippen molar-refractivity contribution in [2.24, 2.45) is 0 Å². The number of hydrogen-bond donors (Lipinski definition) is 0. The number of methoxy groups -OCH3 is 1. The molecular formula is C16H14BrNO2S. The lowest BCUT2D eigenvalue weighted by Gasteiger charge is -2.11. The van der Waals surface area contributed by atoms with Crippen LogP contribution in [-0.4, -0.2) is 12.9 Å². The molecule has 1 atom stereocenters. The van der Waals surface area contributed by atoms with Crippen molar-refractivity contribution in [1.82, 2.24) is 0 Å². The van der Waals surface area contributed by atoms with Gasteiger partial charge in [0.15, 0.2) is 5.78 Å². The van der Waals surface area contributed by atoms with Gasteiger partial charge in [0, 0.05) is 0 Å². The van der Waals surface area contributed by atoms with Crippen molar-refractivity contribution in [3.63, 3.8) is 0 Å². The molecule has 0 aliphatic rings. The van der Waals surface area contributed by atoms with Gasteiger partial charge in [0.05, 0.1) is 21.8 Å². The van der Waals surface area contributed by atoms with Crippen molar-refractivity contribution in [2.75, 3.05) is 7.11 Å². The molecule has 108 valence electrons. The number of carbonyl (C=O) groups excluding carboxylic acids is 1. The molecule has 21 heavy (non-hydrogen) atoms. The fraction of sp³-hybridized carbons (Fsp3) is 0.250. The minimum atomic E-state index is -0.815. The molecule has 1 aromatic carbocycles. The number of hydrogen-bond acceptors (Lipinski definition) is 4. The van der Waals surface area contributed by atoms with Gasteiger partial charge in [-0.25, -0.2) is 0 Å². The van der Waals surface area contributed by atoms with Crippen molar-refractivity contribution >= 4 is 33.0 Å². The average Bonchev–Trinajstić information content (AvgIpc) is 2.81. The average molecular weight is 364 g/mol. The van der Waals surface area contributed by atoms with Crippen LogP contribution in [0.15, 0.2) is 28.1 Å². The van der Waals surface area contributed by atoms with E-state index in [1.54, 1.807) is 19.2 Å². The molecule has 2 aromatic rings. The lowest BCUT2D eigenvalue weighted by atomic mass is 9.94. The second-order valence-corrected chi connectivity index (χ2v) is 7.09. The predicted molar refractivity (Wildman–Crippen MR) is 87.2 cm³/mol. The highest BCUT2D eigenvalue weighted by Crippen LogP contribution is 2.32. The number of nitriles is 1. The second kappa shape index (κ2) is 6.42. The summed E-state index contributed by atoms with van der Waals surface area (Å²) in [4.78, 5) is 13.1. The highest BCUT2D eigenvalue weighted by molar-refractivity contribution is 9.11. The first-order valence-electron chi connectivity index (χ1n) is 6.32. The zero-order valence-corrected chi connectivity index (χ0v) is 14.3. The Bertz CT molecular complexity index is 711. The first kappa shape index (κ1) is 15.7. The molecule has 0 aliphatic carbocycles. The molecule has 3 nitrogen and oxygen atoms in total. The van der Waals surface area contributed by atoms with Crippen LogP contribution in [0.5, 0.6) is 5.75 Å². The zero-order valence-electron chi connectivity index (χ0n) is 11.9. The fourth-order valence-electron chi connectivity index (χ4n) is 2.02. The van der Waals surface area contributed by atoms with Crippen molar-refractivity contribution in [1.29, 1.82) is 5.26 Å². The number of nitrogens with zero attached hydrogens (tertiary/aromatic N) is 1. The van der Waals surface area contributed by atoms with Gasteiger partial charge in [-0.15, -0.1) is 11.3 Å². The normalized spacial score (nSPS) is 11.8. The number of rotatable bonds is 4. The molecule has 5 heteroatoms. The van der Waals surface area contributed by atoms with Crippen molar-refractivity contribution < 1.29 is 9.53 Å². The van der Waals surface area contributed by atoms with E-state index in [2.05, 4.69) is 22.0 Å². The van der Waals surface area contributed by atoms with Crippen molar-refractivity contribution in [3.8, 4) is 11.8 Å². The maximum Gasteiger partial charge on any atom is 0.194 e. The summed E-state index contributed by atoms with van der Waals surface area (Å²) in [6.45, 7) is 3.85. The van der Waals surface area contributed by atoms with Crippen molar-refractivity contribution in [2.45, 2.75) is 19.8 Å². The summed E-state index contributed by atoms with van der Waals surface area (Å²) >= 11 is 4.77. The van der Waals surface area contributed by atoms with Crippen molar-refractivity contribution in [3.05, 3.63) is 49.6 Å². The summed E-state index contributed by atoms with van der Waals surface area (Å²) in [5, 5.41) is 9.40. The van der Waals surface area contributed by atoms with E-state index in [1.807, 2.05) is 26.0 Å². The molecule has 0 amide bonds. The van der Waals surface area contributed by atoms with E-state index in [0.717, 1.165) is 14.9 Å². The van der Waals surface area contributed by atoms with Gasteiger partial charge in [-0.05, 0) is 58.6 Å².